The minimum Gasteiger partial charge on any atom is -0.462 e. The SMILES string of the molecule is O=C(OCCCCCl)c1cccnc1Cl. The summed E-state index contributed by atoms with van der Waals surface area (Å²) in [6.45, 7) is 0.358. The van der Waals surface area contributed by atoms with Crippen LogP contribution in [-0.4, -0.2) is 23.4 Å². The van der Waals surface area contributed by atoms with Gasteiger partial charge in [0.25, 0.3) is 0 Å². The van der Waals surface area contributed by atoms with Crippen LogP contribution in [0.4, 0.5) is 0 Å². The maximum absolute atomic E-state index is 11.4. The normalized spacial score (nSPS) is 10.0. The summed E-state index contributed by atoms with van der Waals surface area (Å²) < 4.78 is 4.99. The first-order valence-electron chi connectivity index (χ1n) is 4.59. The van der Waals surface area contributed by atoms with Crippen molar-refractivity contribution in [2.75, 3.05) is 12.5 Å². The quantitative estimate of drug-likeness (QED) is 0.348. The smallest absolute Gasteiger partial charge is 0.341 e. The van der Waals surface area contributed by atoms with Crippen LogP contribution in [-0.2, 0) is 4.74 Å². The molecule has 0 atom stereocenters. The number of pyridine rings is 1. The predicted molar refractivity (Wildman–Crippen MR) is 59.5 cm³/mol. The van der Waals surface area contributed by atoms with Crippen molar-refractivity contribution in [3.05, 3.63) is 29.0 Å². The molecule has 1 rings (SSSR count). The van der Waals surface area contributed by atoms with Crippen molar-refractivity contribution in [1.82, 2.24) is 4.98 Å². The molecule has 0 radical (unpaired) electrons. The Hall–Kier alpha value is -0.800. The highest BCUT2D eigenvalue weighted by molar-refractivity contribution is 6.32. The molecule has 1 heterocycles. The molecule has 15 heavy (non-hydrogen) atoms. The van der Waals surface area contributed by atoms with Gasteiger partial charge in [-0.15, -0.1) is 11.6 Å². The van der Waals surface area contributed by atoms with Crippen molar-refractivity contribution in [3.8, 4) is 0 Å². The highest BCUT2D eigenvalue weighted by atomic mass is 35.5. The number of esters is 1. The Balaban J connectivity index is 2.44. The van der Waals surface area contributed by atoms with Gasteiger partial charge in [-0.1, -0.05) is 11.6 Å². The monoisotopic (exact) mass is 247 g/mol. The molecule has 0 unspecified atom stereocenters. The Bertz CT molecular complexity index is 331. The van der Waals surface area contributed by atoms with Crippen LogP contribution in [0, 0.1) is 0 Å². The predicted octanol–water partition coefficient (Wildman–Crippen LogP) is 2.91. The average molecular weight is 248 g/mol. The fourth-order valence-electron chi connectivity index (χ4n) is 0.977. The molecule has 0 aromatic carbocycles. The van der Waals surface area contributed by atoms with E-state index >= 15 is 0 Å². The van der Waals surface area contributed by atoms with E-state index in [4.69, 9.17) is 27.9 Å². The molecule has 1 aromatic heterocycles. The highest BCUT2D eigenvalue weighted by Crippen LogP contribution is 2.12. The van der Waals surface area contributed by atoms with Gasteiger partial charge in [-0.2, -0.15) is 0 Å². The molecule has 82 valence electrons. The van der Waals surface area contributed by atoms with Crippen molar-refractivity contribution in [3.63, 3.8) is 0 Å². The zero-order valence-electron chi connectivity index (χ0n) is 8.08. The lowest BCUT2D eigenvalue weighted by Crippen LogP contribution is -2.07. The Kier molecular flexibility index (Phi) is 5.43. The van der Waals surface area contributed by atoms with E-state index in [1.54, 1.807) is 12.1 Å². The number of hydrogen-bond acceptors (Lipinski definition) is 3. The van der Waals surface area contributed by atoms with Crippen molar-refractivity contribution in [2.45, 2.75) is 12.8 Å². The Labute approximate surface area is 98.4 Å². The number of ether oxygens (including phenoxy) is 1. The summed E-state index contributed by atoms with van der Waals surface area (Å²) in [5.41, 5.74) is 0.296. The summed E-state index contributed by atoms with van der Waals surface area (Å²) in [5, 5.41) is 0.167. The van der Waals surface area contributed by atoms with Crippen molar-refractivity contribution in [2.24, 2.45) is 0 Å². The molecule has 0 saturated carbocycles. The van der Waals surface area contributed by atoms with Gasteiger partial charge in [0, 0.05) is 12.1 Å². The van der Waals surface area contributed by atoms with Gasteiger partial charge in [-0.05, 0) is 25.0 Å². The maximum atomic E-state index is 11.4. The number of halogens is 2. The second-order valence-corrected chi connectivity index (χ2v) is 3.61. The topological polar surface area (TPSA) is 39.2 Å². The first-order valence-corrected chi connectivity index (χ1v) is 5.50. The van der Waals surface area contributed by atoms with E-state index < -0.39 is 5.97 Å². The zero-order valence-corrected chi connectivity index (χ0v) is 9.59. The van der Waals surface area contributed by atoms with Crippen LogP contribution in [0.5, 0.6) is 0 Å². The van der Waals surface area contributed by atoms with Gasteiger partial charge in [-0.25, -0.2) is 9.78 Å². The van der Waals surface area contributed by atoms with E-state index in [9.17, 15) is 4.79 Å². The number of aromatic nitrogens is 1. The molecule has 0 aliphatic rings. The molecule has 0 bridgehead atoms. The number of carbonyl (C=O) groups is 1. The Morgan fingerprint density at radius 1 is 1.47 bits per heavy atom. The van der Waals surface area contributed by atoms with Crippen molar-refractivity contribution >= 4 is 29.2 Å². The average Bonchev–Trinajstić information content (AvgIpc) is 2.25. The molecule has 0 amide bonds. The standard InChI is InChI=1S/C10H11Cl2NO2/c11-5-1-2-7-15-10(14)8-4-3-6-13-9(8)12/h3-4,6H,1-2,5,7H2. The van der Waals surface area contributed by atoms with Crippen molar-refractivity contribution < 1.29 is 9.53 Å². The van der Waals surface area contributed by atoms with E-state index in [1.165, 1.54) is 6.20 Å². The number of alkyl halides is 1. The summed E-state index contributed by atoms with van der Waals surface area (Å²) in [7, 11) is 0. The molecule has 0 N–H and O–H groups in total. The van der Waals surface area contributed by atoms with Crippen LogP contribution < -0.4 is 0 Å². The summed E-state index contributed by atoms with van der Waals surface area (Å²) in [6, 6.07) is 3.22. The zero-order chi connectivity index (χ0) is 11.1. The second-order valence-electron chi connectivity index (χ2n) is 2.87. The molecular formula is C10H11Cl2NO2. The van der Waals surface area contributed by atoms with Crippen LogP contribution in [0.1, 0.15) is 23.2 Å². The lowest BCUT2D eigenvalue weighted by molar-refractivity contribution is 0.0499. The van der Waals surface area contributed by atoms with E-state index in [2.05, 4.69) is 4.98 Å². The number of rotatable bonds is 5. The molecule has 3 nitrogen and oxygen atoms in total. The third kappa shape index (κ3) is 4.06. The maximum Gasteiger partial charge on any atom is 0.341 e. The van der Waals surface area contributed by atoms with Crippen LogP contribution in [0.25, 0.3) is 0 Å². The van der Waals surface area contributed by atoms with Crippen LogP contribution in [0.2, 0.25) is 5.15 Å². The third-order valence-corrected chi connectivity index (χ3v) is 2.31. The summed E-state index contributed by atoms with van der Waals surface area (Å²) in [5.74, 6) is 0.133. The molecule has 0 aliphatic heterocycles. The van der Waals surface area contributed by atoms with E-state index in [-0.39, 0.29) is 5.15 Å². The summed E-state index contributed by atoms with van der Waals surface area (Å²) >= 11 is 11.2. The minimum absolute atomic E-state index is 0.167. The Morgan fingerprint density at radius 3 is 2.93 bits per heavy atom. The van der Waals surface area contributed by atoms with Crippen LogP contribution in [0.3, 0.4) is 0 Å². The minimum atomic E-state index is -0.442. The van der Waals surface area contributed by atoms with Gasteiger partial charge in [0.2, 0.25) is 0 Å². The fourth-order valence-corrected chi connectivity index (χ4v) is 1.36. The largest absolute Gasteiger partial charge is 0.462 e. The number of unbranched alkanes of at least 4 members (excludes halogenated alkanes) is 1. The van der Waals surface area contributed by atoms with Gasteiger partial charge in [0.05, 0.1) is 12.2 Å². The van der Waals surface area contributed by atoms with Crippen LogP contribution in [0.15, 0.2) is 18.3 Å². The first kappa shape index (κ1) is 12.3. The van der Waals surface area contributed by atoms with Crippen LogP contribution >= 0.6 is 23.2 Å². The number of nitrogens with zero attached hydrogens (tertiary/aromatic N) is 1. The van der Waals surface area contributed by atoms with E-state index in [1.807, 2.05) is 0 Å². The van der Waals surface area contributed by atoms with Gasteiger partial charge in [0.15, 0.2) is 0 Å². The molecule has 5 heteroatoms. The van der Waals surface area contributed by atoms with E-state index in [0.717, 1.165) is 12.8 Å². The first-order chi connectivity index (χ1) is 7.25. The number of carbonyl (C=O) groups excluding carboxylic acids is 1. The van der Waals surface area contributed by atoms with Gasteiger partial charge < -0.3 is 4.74 Å². The molecule has 0 saturated heterocycles. The van der Waals surface area contributed by atoms with E-state index in [0.29, 0.717) is 18.1 Å². The molecule has 0 fully saturated rings. The number of hydrogen-bond donors (Lipinski definition) is 0. The fraction of sp³-hybridized carbons (Fsp3) is 0.400. The van der Waals surface area contributed by atoms with Gasteiger partial charge in [0.1, 0.15) is 5.15 Å². The van der Waals surface area contributed by atoms with Crippen molar-refractivity contribution in [1.29, 1.82) is 0 Å². The van der Waals surface area contributed by atoms with Gasteiger partial charge in [-0.3, -0.25) is 0 Å². The lowest BCUT2D eigenvalue weighted by Gasteiger charge is -2.04. The molecule has 0 spiro atoms. The third-order valence-electron chi connectivity index (χ3n) is 1.74. The highest BCUT2D eigenvalue weighted by Gasteiger charge is 2.11. The molecular weight excluding hydrogens is 237 g/mol. The lowest BCUT2D eigenvalue weighted by atomic mass is 10.3. The summed E-state index contributed by atoms with van der Waals surface area (Å²) in [6.07, 6.45) is 3.11. The molecule has 0 aliphatic carbocycles. The van der Waals surface area contributed by atoms with Gasteiger partial charge >= 0.3 is 5.97 Å². The second kappa shape index (κ2) is 6.64. The molecule has 1 aromatic rings. The summed E-state index contributed by atoms with van der Waals surface area (Å²) in [4.78, 5) is 15.2. The Morgan fingerprint density at radius 2 is 2.27 bits per heavy atom.